The van der Waals surface area contributed by atoms with Gasteiger partial charge in [-0.25, -0.2) is 0 Å². The highest BCUT2D eigenvalue weighted by Gasteiger charge is 2.28. The summed E-state index contributed by atoms with van der Waals surface area (Å²) >= 11 is 0. The molecule has 2 atom stereocenters. The summed E-state index contributed by atoms with van der Waals surface area (Å²) in [7, 11) is 1.52. The number of hydrogen-bond acceptors (Lipinski definition) is 6. The van der Waals surface area contributed by atoms with Crippen LogP contribution in [0.1, 0.15) is 42.0 Å². The summed E-state index contributed by atoms with van der Waals surface area (Å²) in [4.78, 5) is 17.6. The molecule has 0 aliphatic carbocycles. The SMILES string of the molecule is CCOC(=O)C(C)C(c1ccccc1)c1ccc(OCc2ccc(OCC(=NOC)c3ccccc3)cc2)cc1. The molecule has 0 amide bonds. The summed E-state index contributed by atoms with van der Waals surface area (Å²) in [5, 5.41) is 4.10. The number of nitrogens with zero attached hydrogens (tertiary/aromatic N) is 1. The molecule has 0 aliphatic rings. The molecular formula is C34H35NO5. The number of carbonyl (C=O) groups excluding carboxylic acids is 1. The summed E-state index contributed by atoms with van der Waals surface area (Å²) in [6.07, 6.45) is 0. The number of rotatable bonds is 13. The highest BCUT2D eigenvalue weighted by atomic mass is 16.6. The summed E-state index contributed by atoms with van der Waals surface area (Å²) in [5.74, 6) is 0.849. The quantitative estimate of drug-likeness (QED) is 0.104. The maximum atomic E-state index is 12.6. The normalized spacial score (nSPS) is 12.7. The van der Waals surface area contributed by atoms with Gasteiger partial charge < -0.3 is 19.0 Å². The average Bonchev–Trinajstić information content (AvgIpc) is 3.00. The lowest BCUT2D eigenvalue weighted by molar-refractivity contribution is -0.147. The molecule has 206 valence electrons. The maximum absolute atomic E-state index is 12.6. The molecule has 0 spiro atoms. The van der Waals surface area contributed by atoms with Crippen LogP contribution in [0.4, 0.5) is 0 Å². The fourth-order valence-corrected chi connectivity index (χ4v) is 4.51. The molecule has 0 radical (unpaired) electrons. The minimum absolute atomic E-state index is 0.113. The third-order valence-corrected chi connectivity index (χ3v) is 6.57. The fourth-order valence-electron chi connectivity index (χ4n) is 4.51. The van der Waals surface area contributed by atoms with Crippen LogP contribution < -0.4 is 9.47 Å². The molecule has 40 heavy (non-hydrogen) atoms. The molecule has 0 bridgehead atoms. The summed E-state index contributed by atoms with van der Waals surface area (Å²) in [6, 6.07) is 35.6. The van der Waals surface area contributed by atoms with E-state index in [-0.39, 0.29) is 17.8 Å². The van der Waals surface area contributed by atoms with Crippen molar-refractivity contribution in [1.29, 1.82) is 0 Å². The Balaban J connectivity index is 1.36. The zero-order valence-electron chi connectivity index (χ0n) is 23.2. The molecule has 0 heterocycles. The molecule has 0 N–H and O–H groups in total. The molecule has 4 aromatic rings. The average molecular weight is 538 g/mol. The first-order valence-corrected chi connectivity index (χ1v) is 13.4. The van der Waals surface area contributed by atoms with E-state index in [9.17, 15) is 4.79 Å². The third-order valence-electron chi connectivity index (χ3n) is 6.57. The Morgan fingerprint density at radius 2 is 1.32 bits per heavy atom. The zero-order chi connectivity index (χ0) is 28.2. The number of ether oxygens (including phenoxy) is 3. The van der Waals surface area contributed by atoms with Crippen LogP contribution in [0.5, 0.6) is 11.5 Å². The smallest absolute Gasteiger partial charge is 0.309 e. The fraction of sp³-hybridized carbons (Fsp3) is 0.235. The van der Waals surface area contributed by atoms with Crippen LogP contribution in [0.15, 0.2) is 114 Å². The van der Waals surface area contributed by atoms with Gasteiger partial charge in [0.15, 0.2) is 0 Å². The van der Waals surface area contributed by atoms with E-state index in [1.807, 2.05) is 123 Å². The van der Waals surface area contributed by atoms with E-state index in [2.05, 4.69) is 5.16 Å². The van der Waals surface area contributed by atoms with Gasteiger partial charge in [-0.2, -0.15) is 0 Å². The number of benzene rings is 4. The van der Waals surface area contributed by atoms with E-state index in [0.29, 0.717) is 25.5 Å². The molecule has 4 rings (SSSR count). The maximum Gasteiger partial charge on any atom is 0.309 e. The molecule has 4 aromatic carbocycles. The first-order chi connectivity index (χ1) is 19.6. The zero-order valence-corrected chi connectivity index (χ0v) is 23.2. The van der Waals surface area contributed by atoms with E-state index in [4.69, 9.17) is 19.0 Å². The van der Waals surface area contributed by atoms with Crippen LogP contribution in [-0.4, -0.2) is 32.0 Å². The largest absolute Gasteiger partial charge is 0.489 e. The lowest BCUT2D eigenvalue weighted by Gasteiger charge is -2.24. The van der Waals surface area contributed by atoms with E-state index >= 15 is 0 Å². The highest BCUT2D eigenvalue weighted by Crippen LogP contribution is 2.34. The Labute approximate surface area is 236 Å². The Kier molecular flexibility index (Phi) is 10.3. The van der Waals surface area contributed by atoms with Crippen molar-refractivity contribution in [2.45, 2.75) is 26.4 Å². The van der Waals surface area contributed by atoms with Crippen molar-refractivity contribution >= 4 is 11.7 Å². The molecule has 0 aromatic heterocycles. The predicted molar refractivity (Wildman–Crippen MR) is 157 cm³/mol. The molecular weight excluding hydrogens is 502 g/mol. The van der Waals surface area contributed by atoms with E-state index in [1.165, 1.54) is 7.11 Å². The monoisotopic (exact) mass is 537 g/mol. The van der Waals surface area contributed by atoms with Gasteiger partial charge in [0.05, 0.1) is 12.5 Å². The second-order valence-corrected chi connectivity index (χ2v) is 9.31. The lowest BCUT2D eigenvalue weighted by Crippen LogP contribution is -2.23. The Morgan fingerprint density at radius 1 is 0.750 bits per heavy atom. The van der Waals surface area contributed by atoms with Crippen molar-refractivity contribution in [3.05, 3.63) is 131 Å². The van der Waals surface area contributed by atoms with Crippen LogP contribution in [0, 0.1) is 5.92 Å². The van der Waals surface area contributed by atoms with Crippen LogP contribution in [-0.2, 0) is 21.0 Å². The van der Waals surface area contributed by atoms with Gasteiger partial charge in [-0.1, -0.05) is 97.0 Å². The second-order valence-electron chi connectivity index (χ2n) is 9.31. The Bertz CT molecular complexity index is 1350. The van der Waals surface area contributed by atoms with Gasteiger partial charge >= 0.3 is 5.97 Å². The molecule has 2 unspecified atom stereocenters. The number of esters is 1. The van der Waals surface area contributed by atoms with Gasteiger partial charge in [-0.3, -0.25) is 4.79 Å². The molecule has 0 fully saturated rings. The molecule has 0 saturated carbocycles. The van der Waals surface area contributed by atoms with Crippen LogP contribution in [0.2, 0.25) is 0 Å². The summed E-state index contributed by atoms with van der Waals surface area (Å²) < 4.78 is 17.3. The van der Waals surface area contributed by atoms with Crippen LogP contribution in [0.3, 0.4) is 0 Å². The van der Waals surface area contributed by atoms with Crippen LogP contribution in [0.25, 0.3) is 0 Å². The standard InChI is InChI=1S/C34H35NO5/c1-4-38-34(36)25(2)33(28-13-9-6-10-14-28)29-17-21-31(22-18-29)39-23-26-15-19-30(20-16-26)40-24-32(35-37-3)27-11-7-5-8-12-27/h5-22,25,33H,4,23-24H2,1-3H3. The topological polar surface area (TPSA) is 66.4 Å². The molecule has 6 nitrogen and oxygen atoms in total. The number of hydrogen-bond donors (Lipinski definition) is 0. The molecule has 6 heteroatoms. The van der Waals surface area contributed by atoms with Crippen molar-refractivity contribution < 1.29 is 23.8 Å². The highest BCUT2D eigenvalue weighted by molar-refractivity contribution is 6.01. The third kappa shape index (κ3) is 7.73. The van der Waals surface area contributed by atoms with Crippen molar-refractivity contribution in [2.24, 2.45) is 11.1 Å². The number of oxime groups is 1. The first-order valence-electron chi connectivity index (χ1n) is 13.4. The first kappa shape index (κ1) is 28.4. The van der Waals surface area contributed by atoms with Gasteiger partial charge in [-0.15, -0.1) is 0 Å². The minimum Gasteiger partial charge on any atom is -0.489 e. The van der Waals surface area contributed by atoms with Crippen molar-refractivity contribution in [3.8, 4) is 11.5 Å². The van der Waals surface area contributed by atoms with Crippen LogP contribution >= 0.6 is 0 Å². The summed E-state index contributed by atoms with van der Waals surface area (Å²) in [6.45, 7) is 4.82. The van der Waals surface area contributed by atoms with Gasteiger partial charge in [0.2, 0.25) is 0 Å². The second kappa shape index (κ2) is 14.5. The van der Waals surface area contributed by atoms with Crippen molar-refractivity contribution in [3.63, 3.8) is 0 Å². The summed E-state index contributed by atoms with van der Waals surface area (Å²) in [5.41, 5.74) is 4.79. The lowest BCUT2D eigenvalue weighted by atomic mass is 9.81. The van der Waals surface area contributed by atoms with E-state index in [1.54, 1.807) is 0 Å². The molecule has 0 aliphatic heterocycles. The van der Waals surface area contributed by atoms with Crippen molar-refractivity contribution in [1.82, 2.24) is 0 Å². The Morgan fingerprint density at radius 3 is 1.95 bits per heavy atom. The van der Waals surface area contributed by atoms with Gasteiger partial charge in [-0.05, 0) is 47.9 Å². The Hall–Kier alpha value is -4.58. The predicted octanol–water partition coefficient (Wildman–Crippen LogP) is 7.03. The van der Waals surface area contributed by atoms with E-state index < -0.39 is 0 Å². The van der Waals surface area contributed by atoms with Crippen molar-refractivity contribution in [2.75, 3.05) is 20.3 Å². The minimum atomic E-state index is -0.320. The van der Waals surface area contributed by atoms with E-state index in [0.717, 1.165) is 33.8 Å². The molecule has 0 saturated heterocycles. The van der Waals surface area contributed by atoms with Gasteiger partial charge in [0.1, 0.15) is 37.5 Å². The van der Waals surface area contributed by atoms with Gasteiger partial charge in [0.25, 0.3) is 0 Å². The number of carbonyl (C=O) groups is 1. The van der Waals surface area contributed by atoms with Gasteiger partial charge in [0, 0.05) is 11.5 Å².